The Morgan fingerprint density at radius 3 is 0.826 bits per heavy atom. The Balaban J connectivity index is 1.33. The SMILES string of the molecule is c1ccc(-c2cc(-c3ccccn3)cc(-c3ccc(-c4cc(-c5ccccn5)cc(-c5ccccn5)c4)c4ccccc34)c2)nc1. The number of benzene rings is 4. The van der Waals surface area contributed by atoms with Gasteiger partial charge in [-0.2, -0.15) is 0 Å². The number of hydrogen-bond acceptors (Lipinski definition) is 4. The van der Waals surface area contributed by atoms with E-state index < -0.39 is 0 Å². The van der Waals surface area contributed by atoms with Gasteiger partial charge in [0, 0.05) is 47.0 Å². The molecule has 46 heavy (non-hydrogen) atoms. The van der Waals surface area contributed by atoms with Crippen LogP contribution < -0.4 is 0 Å². The minimum absolute atomic E-state index is 0.927. The Morgan fingerprint density at radius 2 is 0.543 bits per heavy atom. The summed E-state index contributed by atoms with van der Waals surface area (Å²) in [5, 5.41) is 2.35. The highest BCUT2D eigenvalue weighted by molar-refractivity contribution is 6.06. The van der Waals surface area contributed by atoms with Crippen molar-refractivity contribution in [3.63, 3.8) is 0 Å². The summed E-state index contributed by atoms with van der Waals surface area (Å²) in [5.41, 5.74) is 12.4. The number of fused-ring (bicyclic) bond motifs is 1. The van der Waals surface area contributed by atoms with E-state index in [4.69, 9.17) is 0 Å². The lowest BCUT2D eigenvalue weighted by Gasteiger charge is -2.16. The lowest BCUT2D eigenvalue weighted by molar-refractivity contribution is 1.31. The second-order valence-corrected chi connectivity index (χ2v) is 11.2. The maximum Gasteiger partial charge on any atom is 0.0702 e. The summed E-state index contributed by atoms with van der Waals surface area (Å²) in [6, 6.07) is 50.5. The fourth-order valence-electron chi connectivity index (χ4n) is 6.09. The predicted molar refractivity (Wildman–Crippen MR) is 188 cm³/mol. The standard InChI is InChI=1S/C42H28N4/c1-2-12-38-36(30-25-33(41-15-5-9-21-45-41)28-34(26-30)42-16-6-10-22-46-42)18-17-35(37(38)11-1)29-23-31(39-13-3-7-19-43-39)27-32(24-29)40-14-4-8-20-44-40/h1-28H. The van der Waals surface area contributed by atoms with Gasteiger partial charge in [-0.05, 0) is 118 Å². The third-order valence-electron chi connectivity index (χ3n) is 8.25. The third-order valence-corrected chi connectivity index (χ3v) is 8.25. The maximum atomic E-state index is 4.67. The van der Waals surface area contributed by atoms with Gasteiger partial charge in [0.05, 0.1) is 22.8 Å². The van der Waals surface area contributed by atoms with Gasteiger partial charge in [-0.1, -0.05) is 60.7 Å². The average Bonchev–Trinajstić information content (AvgIpc) is 3.15. The summed E-state index contributed by atoms with van der Waals surface area (Å²) in [6.07, 6.45) is 7.35. The van der Waals surface area contributed by atoms with Gasteiger partial charge in [-0.15, -0.1) is 0 Å². The van der Waals surface area contributed by atoms with Crippen molar-refractivity contribution in [2.75, 3.05) is 0 Å². The van der Waals surface area contributed by atoms with Gasteiger partial charge in [0.25, 0.3) is 0 Å². The van der Waals surface area contributed by atoms with E-state index in [1.165, 1.54) is 10.8 Å². The fraction of sp³-hybridized carbons (Fsp3) is 0. The van der Waals surface area contributed by atoms with Gasteiger partial charge in [-0.3, -0.25) is 19.9 Å². The molecule has 0 N–H and O–H groups in total. The van der Waals surface area contributed by atoms with Gasteiger partial charge in [0.15, 0.2) is 0 Å². The molecule has 0 radical (unpaired) electrons. The highest BCUT2D eigenvalue weighted by Crippen LogP contribution is 2.40. The molecule has 8 aromatic rings. The Kier molecular flexibility index (Phi) is 7.14. The quantitative estimate of drug-likeness (QED) is 0.194. The van der Waals surface area contributed by atoms with Crippen LogP contribution in [-0.4, -0.2) is 19.9 Å². The topological polar surface area (TPSA) is 51.6 Å². The van der Waals surface area contributed by atoms with Crippen LogP contribution in [-0.2, 0) is 0 Å². The molecule has 0 amide bonds. The first-order chi connectivity index (χ1) is 22.8. The van der Waals surface area contributed by atoms with E-state index in [2.05, 4.69) is 117 Å². The molecule has 4 aromatic heterocycles. The van der Waals surface area contributed by atoms with E-state index in [-0.39, 0.29) is 0 Å². The van der Waals surface area contributed by atoms with E-state index in [9.17, 15) is 0 Å². The second-order valence-electron chi connectivity index (χ2n) is 11.2. The molecule has 0 unspecified atom stereocenters. The zero-order chi connectivity index (χ0) is 30.7. The maximum absolute atomic E-state index is 4.67. The molecule has 0 aliphatic carbocycles. The van der Waals surface area contributed by atoms with Gasteiger partial charge in [-0.25, -0.2) is 0 Å². The normalized spacial score (nSPS) is 11.0. The molecule has 216 valence electrons. The van der Waals surface area contributed by atoms with Crippen molar-refractivity contribution in [1.29, 1.82) is 0 Å². The van der Waals surface area contributed by atoms with Gasteiger partial charge < -0.3 is 0 Å². The Morgan fingerprint density at radius 1 is 0.261 bits per heavy atom. The van der Waals surface area contributed by atoms with Crippen LogP contribution in [0.25, 0.3) is 78.1 Å². The largest absolute Gasteiger partial charge is 0.256 e. The molecule has 0 spiro atoms. The van der Waals surface area contributed by atoms with Crippen molar-refractivity contribution < 1.29 is 0 Å². The molecule has 0 aliphatic heterocycles. The predicted octanol–water partition coefficient (Wildman–Crippen LogP) is 10.4. The van der Waals surface area contributed by atoms with E-state index in [1.807, 2.05) is 73.3 Å². The fourth-order valence-corrected chi connectivity index (χ4v) is 6.09. The van der Waals surface area contributed by atoms with Crippen molar-refractivity contribution in [3.05, 3.63) is 170 Å². The molecule has 0 atom stereocenters. The van der Waals surface area contributed by atoms with Crippen LogP contribution in [0.2, 0.25) is 0 Å². The minimum Gasteiger partial charge on any atom is -0.256 e. The molecule has 4 nitrogen and oxygen atoms in total. The summed E-state index contributed by atoms with van der Waals surface area (Å²) in [5.74, 6) is 0. The smallest absolute Gasteiger partial charge is 0.0702 e. The monoisotopic (exact) mass is 588 g/mol. The molecule has 0 saturated heterocycles. The number of pyridine rings is 4. The zero-order valence-corrected chi connectivity index (χ0v) is 25.0. The summed E-state index contributed by atoms with van der Waals surface area (Å²) >= 11 is 0. The van der Waals surface area contributed by atoms with Gasteiger partial charge in [0.2, 0.25) is 0 Å². The summed E-state index contributed by atoms with van der Waals surface area (Å²) in [4.78, 5) is 18.7. The van der Waals surface area contributed by atoms with Crippen molar-refractivity contribution in [3.8, 4) is 67.3 Å². The molecule has 4 heterocycles. The molecule has 4 heteroatoms. The minimum atomic E-state index is 0.927. The van der Waals surface area contributed by atoms with E-state index in [0.29, 0.717) is 0 Å². The second kappa shape index (κ2) is 12.0. The molecule has 0 bridgehead atoms. The zero-order valence-electron chi connectivity index (χ0n) is 25.0. The molecule has 0 saturated carbocycles. The van der Waals surface area contributed by atoms with Crippen LogP contribution in [0.1, 0.15) is 0 Å². The van der Waals surface area contributed by atoms with Crippen LogP contribution in [0.3, 0.4) is 0 Å². The number of rotatable bonds is 6. The Bertz CT molecular complexity index is 2010. The van der Waals surface area contributed by atoms with E-state index in [0.717, 1.165) is 67.3 Å². The van der Waals surface area contributed by atoms with E-state index >= 15 is 0 Å². The molecule has 0 aliphatic rings. The summed E-state index contributed by atoms with van der Waals surface area (Å²) < 4.78 is 0. The van der Waals surface area contributed by atoms with Crippen LogP contribution in [0.4, 0.5) is 0 Å². The highest BCUT2D eigenvalue weighted by Gasteiger charge is 2.15. The number of hydrogen-bond donors (Lipinski definition) is 0. The summed E-state index contributed by atoms with van der Waals surface area (Å²) in [6.45, 7) is 0. The molecule has 4 aromatic carbocycles. The van der Waals surface area contributed by atoms with Gasteiger partial charge >= 0.3 is 0 Å². The first kappa shape index (κ1) is 27.3. The molecule has 8 rings (SSSR count). The third kappa shape index (κ3) is 5.33. The molecule has 0 fully saturated rings. The first-order valence-electron chi connectivity index (χ1n) is 15.3. The molecular weight excluding hydrogens is 560 g/mol. The summed E-state index contributed by atoms with van der Waals surface area (Å²) in [7, 11) is 0. The van der Waals surface area contributed by atoms with Gasteiger partial charge in [0.1, 0.15) is 0 Å². The van der Waals surface area contributed by atoms with Crippen LogP contribution >= 0.6 is 0 Å². The van der Waals surface area contributed by atoms with Crippen molar-refractivity contribution in [1.82, 2.24) is 19.9 Å². The van der Waals surface area contributed by atoms with Crippen LogP contribution in [0.5, 0.6) is 0 Å². The first-order valence-corrected chi connectivity index (χ1v) is 15.3. The Hall–Kier alpha value is -6.26. The number of nitrogens with zero attached hydrogens (tertiary/aromatic N) is 4. The lowest BCUT2D eigenvalue weighted by Crippen LogP contribution is -1.92. The van der Waals surface area contributed by atoms with Crippen molar-refractivity contribution in [2.45, 2.75) is 0 Å². The lowest BCUT2D eigenvalue weighted by atomic mass is 9.89. The molecular formula is C42H28N4. The van der Waals surface area contributed by atoms with E-state index in [1.54, 1.807) is 0 Å². The van der Waals surface area contributed by atoms with Crippen LogP contribution in [0, 0.1) is 0 Å². The average molecular weight is 589 g/mol. The van der Waals surface area contributed by atoms with Crippen LogP contribution in [0.15, 0.2) is 170 Å². The Labute approximate surface area is 267 Å². The van der Waals surface area contributed by atoms with Crippen molar-refractivity contribution >= 4 is 10.8 Å². The highest BCUT2D eigenvalue weighted by atomic mass is 14.7. The van der Waals surface area contributed by atoms with Crippen molar-refractivity contribution in [2.24, 2.45) is 0 Å². The number of aromatic nitrogens is 4.